The third-order valence-corrected chi connectivity index (χ3v) is 5.25. The average molecular weight is 409 g/mol. The van der Waals surface area contributed by atoms with E-state index in [4.69, 9.17) is 4.74 Å². The Hall–Kier alpha value is -2.55. The molecule has 0 fully saturated rings. The Morgan fingerprint density at radius 2 is 1.47 bits per heavy atom. The number of ether oxygens (including phenoxy) is 1. The van der Waals surface area contributed by atoms with E-state index in [0.717, 1.165) is 17.7 Å². The van der Waals surface area contributed by atoms with Crippen molar-refractivity contribution in [3.8, 4) is 5.75 Å². The molecule has 3 nitrogen and oxygen atoms in total. The molecule has 2 aromatic carbocycles. The van der Waals surface area contributed by atoms with E-state index in [-0.39, 0.29) is 5.57 Å². The van der Waals surface area contributed by atoms with Crippen LogP contribution in [-0.4, -0.2) is 17.7 Å². The number of rotatable bonds is 15. The molecule has 0 heterocycles. The third-order valence-electron chi connectivity index (χ3n) is 5.25. The van der Waals surface area contributed by atoms with Crippen molar-refractivity contribution >= 4 is 17.6 Å². The molecule has 2 aromatic rings. The van der Waals surface area contributed by atoms with Gasteiger partial charge in [-0.2, -0.15) is 0 Å². The quantitative estimate of drug-likeness (QED) is 0.187. The molecule has 1 N–H and O–H groups in total. The monoisotopic (exact) mass is 408 g/mol. The molecule has 0 spiro atoms. The lowest BCUT2D eigenvalue weighted by Gasteiger charge is -2.09. The maximum atomic E-state index is 11.8. The zero-order valence-electron chi connectivity index (χ0n) is 18.3. The molecule has 30 heavy (non-hydrogen) atoms. The van der Waals surface area contributed by atoms with Gasteiger partial charge < -0.3 is 9.84 Å². The molecule has 0 saturated carbocycles. The van der Waals surface area contributed by atoms with Gasteiger partial charge >= 0.3 is 5.97 Å². The van der Waals surface area contributed by atoms with Crippen molar-refractivity contribution in [2.75, 3.05) is 6.61 Å². The first kappa shape index (κ1) is 23.7. The van der Waals surface area contributed by atoms with E-state index in [9.17, 15) is 9.90 Å². The van der Waals surface area contributed by atoms with E-state index in [0.29, 0.717) is 12.2 Å². The zero-order valence-corrected chi connectivity index (χ0v) is 18.3. The van der Waals surface area contributed by atoms with Gasteiger partial charge in [0.15, 0.2) is 0 Å². The summed E-state index contributed by atoms with van der Waals surface area (Å²) >= 11 is 0. The summed E-state index contributed by atoms with van der Waals surface area (Å²) in [5.41, 5.74) is 1.80. The molecule has 162 valence electrons. The summed E-state index contributed by atoms with van der Waals surface area (Å²) in [6, 6.07) is 16.9. The van der Waals surface area contributed by atoms with E-state index in [1.807, 2.05) is 54.6 Å². The molecule has 0 bridgehead atoms. The summed E-state index contributed by atoms with van der Waals surface area (Å²) in [5.74, 6) is -0.214. The number of carboxylic acid groups (broad SMARTS) is 1. The maximum Gasteiger partial charge on any atom is 0.336 e. The predicted molar refractivity (Wildman–Crippen MR) is 126 cm³/mol. The number of hydrogen-bond donors (Lipinski definition) is 1. The molecule has 0 amide bonds. The van der Waals surface area contributed by atoms with Crippen molar-refractivity contribution in [1.82, 2.24) is 0 Å². The Kier molecular flexibility index (Phi) is 11.4. The molecule has 3 heteroatoms. The average Bonchev–Trinajstić information content (AvgIpc) is 2.76. The fraction of sp³-hybridized carbons (Fsp3) is 0.444. The van der Waals surface area contributed by atoms with Crippen molar-refractivity contribution < 1.29 is 14.6 Å². The van der Waals surface area contributed by atoms with E-state index in [1.165, 1.54) is 57.8 Å². The molecule has 0 atom stereocenters. The second-order valence-electron chi connectivity index (χ2n) is 7.83. The van der Waals surface area contributed by atoms with Crippen LogP contribution in [0.15, 0.2) is 54.6 Å². The van der Waals surface area contributed by atoms with Crippen LogP contribution in [0.5, 0.6) is 5.75 Å². The van der Waals surface area contributed by atoms with Gasteiger partial charge in [0.2, 0.25) is 0 Å². The highest BCUT2D eigenvalue weighted by Crippen LogP contribution is 2.23. The third kappa shape index (κ3) is 9.30. The second-order valence-corrected chi connectivity index (χ2v) is 7.83. The van der Waals surface area contributed by atoms with Gasteiger partial charge in [-0.1, -0.05) is 107 Å². The first-order valence-corrected chi connectivity index (χ1v) is 11.4. The summed E-state index contributed by atoms with van der Waals surface area (Å²) in [4.78, 5) is 11.8. The first-order valence-electron chi connectivity index (χ1n) is 11.4. The van der Waals surface area contributed by atoms with Gasteiger partial charge in [-0.15, -0.1) is 0 Å². The Balaban J connectivity index is 1.75. The van der Waals surface area contributed by atoms with Crippen molar-refractivity contribution in [3.05, 3.63) is 65.7 Å². The largest absolute Gasteiger partial charge is 0.494 e. The van der Waals surface area contributed by atoms with E-state index in [1.54, 1.807) is 6.08 Å². The highest BCUT2D eigenvalue weighted by molar-refractivity contribution is 6.20. The van der Waals surface area contributed by atoms with Crippen LogP contribution in [0.1, 0.15) is 82.3 Å². The van der Waals surface area contributed by atoms with Crippen LogP contribution in [-0.2, 0) is 4.79 Å². The van der Waals surface area contributed by atoms with E-state index in [2.05, 4.69) is 6.92 Å². The number of carboxylic acids is 1. The predicted octanol–water partition coefficient (Wildman–Crippen LogP) is 7.61. The van der Waals surface area contributed by atoms with Crippen molar-refractivity contribution in [2.24, 2.45) is 0 Å². The molecule has 0 aliphatic rings. The Morgan fingerprint density at radius 3 is 2.10 bits per heavy atom. The molecule has 0 aliphatic carbocycles. The summed E-state index contributed by atoms with van der Waals surface area (Å²) in [6.45, 7) is 2.93. The van der Waals surface area contributed by atoms with Gasteiger partial charge in [-0.3, -0.25) is 0 Å². The van der Waals surface area contributed by atoms with Gasteiger partial charge in [0.05, 0.1) is 12.2 Å². The fourth-order valence-corrected chi connectivity index (χ4v) is 3.52. The molecular formula is C27H36O3. The highest BCUT2D eigenvalue weighted by atomic mass is 16.5. The maximum absolute atomic E-state index is 11.8. The molecule has 0 unspecified atom stereocenters. The summed E-state index contributed by atoms with van der Waals surface area (Å²) in [6.07, 6.45) is 14.6. The van der Waals surface area contributed by atoms with Crippen LogP contribution in [0, 0.1) is 0 Å². The molecule has 2 rings (SSSR count). The van der Waals surface area contributed by atoms with E-state index >= 15 is 0 Å². The fourth-order valence-electron chi connectivity index (χ4n) is 3.52. The van der Waals surface area contributed by atoms with Crippen molar-refractivity contribution in [2.45, 2.75) is 71.1 Å². The Bertz CT molecular complexity index is 765. The number of hydrogen-bond acceptors (Lipinski definition) is 2. The lowest BCUT2D eigenvalue weighted by molar-refractivity contribution is -0.130. The first-order chi connectivity index (χ1) is 14.7. The standard InChI is InChI=1S/C27H36O3/c1-2-3-4-5-6-7-8-9-10-14-20-30-25-19-15-18-24(22-25)26(27(28)29)21-23-16-12-11-13-17-23/h11-13,15-19,21-22H,2-10,14,20H2,1H3,(H,28,29). The summed E-state index contributed by atoms with van der Waals surface area (Å²) < 4.78 is 5.88. The smallest absolute Gasteiger partial charge is 0.336 e. The Labute approximate surface area is 181 Å². The van der Waals surface area contributed by atoms with Gasteiger partial charge in [-0.25, -0.2) is 4.79 Å². The molecular weight excluding hydrogens is 372 g/mol. The molecule has 0 radical (unpaired) electrons. The topological polar surface area (TPSA) is 46.5 Å². The van der Waals surface area contributed by atoms with Crippen LogP contribution in [0.2, 0.25) is 0 Å². The minimum atomic E-state index is -0.939. The normalized spacial score (nSPS) is 11.4. The van der Waals surface area contributed by atoms with Gasteiger partial charge in [0, 0.05) is 0 Å². The lowest BCUT2D eigenvalue weighted by Crippen LogP contribution is -2.01. The molecule has 0 aromatic heterocycles. The summed E-state index contributed by atoms with van der Waals surface area (Å²) in [5, 5.41) is 9.65. The van der Waals surface area contributed by atoms with Gasteiger partial charge in [-0.05, 0) is 35.8 Å². The van der Waals surface area contributed by atoms with Gasteiger partial charge in [0.1, 0.15) is 5.75 Å². The second kappa shape index (κ2) is 14.4. The van der Waals surface area contributed by atoms with Gasteiger partial charge in [0.25, 0.3) is 0 Å². The van der Waals surface area contributed by atoms with Crippen LogP contribution in [0.3, 0.4) is 0 Å². The minimum Gasteiger partial charge on any atom is -0.494 e. The number of benzene rings is 2. The molecule has 0 saturated heterocycles. The van der Waals surface area contributed by atoms with Crippen LogP contribution < -0.4 is 4.74 Å². The van der Waals surface area contributed by atoms with Crippen molar-refractivity contribution in [1.29, 1.82) is 0 Å². The molecule has 0 aliphatic heterocycles. The Morgan fingerprint density at radius 1 is 0.833 bits per heavy atom. The van der Waals surface area contributed by atoms with Crippen LogP contribution in [0.25, 0.3) is 11.6 Å². The highest BCUT2D eigenvalue weighted by Gasteiger charge is 2.11. The lowest BCUT2D eigenvalue weighted by atomic mass is 10.0. The number of carbonyl (C=O) groups is 1. The number of unbranched alkanes of at least 4 members (excludes halogenated alkanes) is 9. The van der Waals surface area contributed by atoms with Crippen LogP contribution >= 0.6 is 0 Å². The minimum absolute atomic E-state index is 0.269. The zero-order chi connectivity index (χ0) is 21.4. The van der Waals surface area contributed by atoms with Crippen LogP contribution in [0.4, 0.5) is 0 Å². The summed E-state index contributed by atoms with van der Waals surface area (Å²) in [7, 11) is 0. The SMILES string of the molecule is CCCCCCCCCCCCOc1cccc(C(=Cc2ccccc2)C(=O)O)c1. The van der Waals surface area contributed by atoms with E-state index < -0.39 is 5.97 Å². The number of aliphatic carboxylic acids is 1. The van der Waals surface area contributed by atoms with Crippen molar-refractivity contribution in [3.63, 3.8) is 0 Å².